The van der Waals surface area contributed by atoms with Crippen molar-refractivity contribution < 1.29 is 9.18 Å². The maximum atomic E-state index is 14.9. The summed E-state index contributed by atoms with van der Waals surface area (Å²) in [5.41, 5.74) is 2.65. The van der Waals surface area contributed by atoms with Gasteiger partial charge in [0.05, 0.1) is 24.0 Å². The van der Waals surface area contributed by atoms with Crippen LogP contribution in [-0.2, 0) is 11.2 Å². The second-order valence-corrected chi connectivity index (χ2v) is 6.77. The molecule has 0 atom stereocenters. The molecule has 0 radical (unpaired) electrons. The molecule has 5 rings (SSSR count). The van der Waals surface area contributed by atoms with E-state index in [4.69, 9.17) is 0 Å². The molecule has 0 saturated carbocycles. The van der Waals surface area contributed by atoms with Crippen molar-refractivity contribution >= 4 is 28.3 Å². The van der Waals surface area contributed by atoms with Crippen LogP contribution in [0, 0.1) is 5.82 Å². The van der Waals surface area contributed by atoms with E-state index in [2.05, 4.69) is 20.4 Å². The molecular formula is C20H17FN6O. The number of nitrogens with zero attached hydrogens (tertiary/aromatic N) is 5. The highest BCUT2D eigenvalue weighted by Crippen LogP contribution is 2.22. The molecule has 1 aliphatic heterocycles. The van der Waals surface area contributed by atoms with Crippen molar-refractivity contribution in [2.24, 2.45) is 0 Å². The Morgan fingerprint density at radius 2 is 2.07 bits per heavy atom. The molecule has 1 aromatic carbocycles. The lowest BCUT2D eigenvalue weighted by Crippen LogP contribution is -2.48. The molecule has 1 saturated heterocycles. The fourth-order valence-electron chi connectivity index (χ4n) is 3.53. The Morgan fingerprint density at radius 3 is 2.96 bits per heavy atom. The minimum Gasteiger partial charge on any atom is -0.353 e. The van der Waals surface area contributed by atoms with E-state index in [9.17, 15) is 9.18 Å². The average Bonchev–Trinajstić information content (AvgIpc) is 3.12. The molecule has 3 aromatic heterocycles. The maximum Gasteiger partial charge on any atom is 0.239 e. The van der Waals surface area contributed by atoms with Crippen LogP contribution in [0.4, 0.5) is 10.2 Å². The number of benzene rings is 1. The third-order valence-electron chi connectivity index (χ3n) is 4.95. The van der Waals surface area contributed by atoms with Crippen molar-refractivity contribution in [1.82, 2.24) is 24.9 Å². The smallest absolute Gasteiger partial charge is 0.239 e. The molecule has 7 nitrogen and oxygen atoms in total. The van der Waals surface area contributed by atoms with E-state index in [1.807, 2.05) is 23.1 Å². The van der Waals surface area contributed by atoms with E-state index in [0.29, 0.717) is 47.4 Å². The number of imidazole rings is 1. The van der Waals surface area contributed by atoms with E-state index in [1.165, 1.54) is 0 Å². The van der Waals surface area contributed by atoms with Gasteiger partial charge in [-0.3, -0.25) is 9.78 Å². The molecule has 0 unspecified atom stereocenters. The topological polar surface area (TPSA) is 75.4 Å². The van der Waals surface area contributed by atoms with Crippen LogP contribution >= 0.6 is 0 Å². The first-order valence-corrected chi connectivity index (χ1v) is 9.06. The zero-order valence-electron chi connectivity index (χ0n) is 15.0. The number of rotatable bonds is 3. The van der Waals surface area contributed by atoms with Crippen LogP contribution in [0.3, 0.4) is 0 Å². The predicted molar refractivity (Wildman–Crippen MR) is 103 cm³/mol. The standard InChI is InChI=1S/C20H17FN6O/c21-20-13(3-4-16-15(20)2-1-7-22-16)10-14-11-24-17-5-6-18(25-27(14)17)26-9-8-23-19(28)12-26/h1-7,11H,8-10,12H2,(H,23,28). The highest BCUT2D eigenvalue weighted by Gasteiger charge is 2.19. The molecule has 8 heteroatoms. The maximum absolute atomic E-state index is 14.9. The third-order valence-corrected chi connectivity index (χ3v) is 4.95. The first kappa shape index (κ1) is 16.6. The Morgan fingerprint density at radius 1 is 1.14 bits per heavy atom. The van der Waals surface area contributed by atoms with Crippen molar-refractivity contribution in [2.75, 3.05) is 24.5 Å². The number of halogens is 1. The van der Waals surface area contributed by atoms with E-state index in [1.54, 1.807) is 35.1 Å². The number of hydrogen-bond donors (Lipinski definition) is 1. The molecule has 0 spiro atoms. The van der Waals surface area contributed by atoms with Crippen LogP contribution in [0.5, 0.6) is 0 Å². The summed E-state index contributed by atoms with van der Waals surface area (Å²) in [5.74, 6) is 0.403. The van der Waals surface area contributed by atoms with Gasteiger partial charge in [-0.05, 0) is 35.9 Å². The third kappa shape index (κ3) is 2.83. The minimum atomic E-state index is -0.274. The largest absolute Gasteiger partial charge is 0.353 e. The Hall–Kier alpha value is -3.55. The Kier molecular flexibility index (Phi) is 3.89. The van der Waals surface area contributed by atoms with Crippen LogP contribution in [0.25, 0.3) is 16.6 Å². The average molecular weight is 376 g/mol. The Balaban J connectivity index is 1.52. The van der Waals surface area contributed by atoms with Gasteiger partial charge in [-0.1, -0.05) is 6.07 Å². The van der Waals surface area contributed by atoms with Crippen LogP contribution in [-0.4, -0.2) is 45.1 Å². The van der Waals surface area contributed by atoms with Gasteiger partial charge in [0.1, 0.15) is 11.6 Å². The molecule has 28 heavy (non-hydrogen) atoms. The number of fused-ring (bicyclic) bond motifs is 2. The molecule has 4 aromatic rings. The molecule has 1 fully saturated rings. The van der Waals surface area contributed by atoms with Crippen LogP contribution in [0.1, 0.15) is 11.3 Å². The highest BCUT2D eigenvalue weighted by molar-refractivity contribution is 5.82. The summed E-state index contributed by atoms with van der Waals surface area (Å²) in [7, 11) is 0. The first-order valence-electron chi connectivity index (χ1n) is 9.06. The van der Waals surface area contributed by atoms with E-state index in [0.717, 1.165) is 5.69 Å². The zero-order chi connectivity index (χ0) is 19.1. The fourth-order valence-corrected chi connectivity index (χ4v) is 3.53. The minimum absolute atomic E-state index is 0.0224. The summed E-state index contributed by atoms with van der Waals surface area (Å²) in [4.78, 5) is 22.2. The Labute approximate surface area is 159 Å². The normalized spacial score (nSPS) is 14.6. The predicted octanol–water partition coefficient (Wildman–Crippen LogP) is 1.94. The molecule has 1 amide bonds. The zero-order valence-corrected chi connectivity index (χ0v) is 15.0. The lowest BCUT2D eigenvalue weighted by molar-refractivity contribution is -0.120. The van der Waals surface area contributed by atoms with Gasteiger partial charge in [0.15, 0.2) is 5.65 Å². The SMILES string of the molecule is O=C1CN(c2ccc3ncc(Cc4ccc5ncccc5c4F)n3n2)CCN1. The lowest BCUT2D eigenvalue weighted by atomic mass is 10.1. The number of carbonyl (C=O) groups excluding carboxylic acids is 1. The lowest BCUT2D eigenvalue weighted by Gasteiger charge is -2.27. The first-order chi connectivity index (χ1) is 13.7. The number of pyridine rings is 1. The van der Waals surface area contributed by atoms with Gasteiger partial charge >= 0.3 is 0 Å². The van der Waals surface area contributed by atoms with E-state index in [-0.39, 0.29) is 18.3 Å². The number of nitrogens with one attached hydrogen (secondary N) is 1. The molecule has 0 aliphatic carbocycles. The van der Waals surface area contributed by atoms with Gasteiger partial charge in [0.25, 0.3) is 0 Å². The van der Waals surface area contributed by atoms with Crippen molar-refractivity contribution in [3.05, 3.63) is 65.9 Å². The number of piperazine rings is 1. The number of carbonyl (C=O) groups is 1. The highest BCUT2D eigenvalue weighted by atomic mass is 19.1. The van der Waals surface area contributed by atoms with Crippen molar-refractivity contribution in [3.63, 3.8) is 0 Å². The van der Waals surface area contributed by atoms with Gasteiger partial charge in [-0.25, -0.2) is 13.9 Å². The summed E-state index contributed by atoms with van der Waals surface area (Å²) in [6, 6.07) is 10.7. The number of anilines is 1. The number of hydrogen-bond acceptors (Lipinski definition) is 5. The molecule has 1 N–H and O–H groups in total. The van der Waals surface area contributed by atoms with E-state index < -0.39 is 0 Å². The monoisotopic (exact) mass is 376 g/mol. The molecule has 4 heterocycles. The fraction of sp³-hybridized carbons (Fsp3) is 0.200. The van der Waals surface area contributed by atoms with Gasteiger partial charge in [-0.15, -0.1) is 5.10 Å². The second kappa shape index (κ2) is 6.56. The number of amides is 1. The summed E-state index contributed by atoms with van der Waals surface area (Å²) >= 11 is 0. The molecular weight excluding hydrogens is 359 g/mol. The van der Waals surface area contributed by atoms with Crippen LogP contribution < -0.4 is 10.2 Å². The van der Waals surface area contributed by atoms with Gasteiger partial charge in [0, 0.05) is 31.1 Å². The summed E-state index contributed by atoms with van der Waals surface area (Å²) in [5, 5.41) is 7.95. The Bertz CT molecular complexity index is 1200. The second-order valence-electron chi connectivity index (χ2n) is 6.77. The molecule has 140 valence electrons. The molecule has 0 bridgehead atoms. The summed E-state index contributed by atoms with van der Waals surface area (Å²) in [6.07, 6.45) is 3.72. The van der Waals surface area contributed by atoms with Crippen molar-refractivity contribution in [2.45, 2.75) is 6.42 Å². The van der Waals surface area contributed by atoms with Crippen LogP contribution in [0.2, 0.25) is 0 Å². The van der Waals surface area contributed by atoms with E-state index >= 15 is 0 Å². The van der Waals surface area contributed by atoms with Crippen molar-refractivity contribution in [1.29, 1.82) is 0 Å². The quantitative estimate of drug-likeness (QED) is 0.592. The van der Waals surface area contributed by atoms with Gasteiger partial charge in [-0.2, -0.15) is 0 Å². The number of aromatic nitrogens is 4. The van der Waals surface area contributed by atoms with Crippen LogP contribution in [0.15, 0.2) is 48.8 Å². The van der Waals surface area contributed by atoms with Gasteiger partial charge < -0.3 is 10.2 Å². The summed E-state index contributed by atoms with van der Waals surface area (Å²) in [6.45, 7) is 1.56. The summed E-state index contributed by atoms with van der Waals surface area (Å²) < 4.78 is 16.6. The van der Waals surface area contributed by atoms with Crippen molar-refractivity contribution in [3.8, 4) is 0 Å². The molecule has 1 aliphatic rings. The van der Waals surface area contributed by atoms with Gasteiger partial charge in [0.2, 0.25) is 5.91 Å².